The van der Waals surface area contributed by atoms with Gasteiger partial charge in [0.25, 0.3) is 0 Å². The van der Waals surface area contributed by atoms with Crippen LogP contribution in [0.1, 0.15) is 34.8 Å². The molecule has 0 fully saturated rings. The van der Waals surface area contributed by atoms with Crippen molar-refractivity contribution in [2.45, 2.75) is 32.3 Å². The monoisotopic (exact) mass is 475 g/mol. The van der Waals surface area contributed by atoms with Crippen LogP contribution in [0.2, 0.25) is 5.02 Å². The summed E-state index contributed by atoms with van der Waals surface area (Å²) in [5.41, 5.74) is 10.2. The van der Waals surface area contributed by atoms with E-state index in [2.05, 4.69) is 4.90 Å². The lowest BCUT2D eigenvalue weighted by atomic mass is 10.0. The molecule has 1 amide bonds. The van der Waals surface area contributed by atoms with Crippen molar-refractivity contribution in [3.63, 3.8) is 0 Å². The number of carbonyl (C=O) groups is 1. The number of benzene rings is 2. The summed E-state index contributed by atoms with van der Waals surface area (Å²) < 4.78 is 10.8. The molecule has 0 saturated carbocycles. The molecule has 7 nitrogen and oxygen atoms in total. The fourth-order valence-corrected chi connectivity index (χ4v) is 4.52. The van der Waals surface area contributed by atoms with E-state index in [-0.39, 0.29) is 5.91 Å². The number of aliphatic hydroxyl groups is 1. The zero-order valence-corrected chi connectivity index (χ0v) is 20.6. The van der Waals surface area contributed by atoms with Gasteiger partial charge in [0.15, 0.2) is 11.5 Å². The van der Waals surface area contributed by atoms with Crippen LogP contribution in [-0.4, -0.2) is 68.3 Å². The van der Waals surface area contributed by atoms with E-state index in [9.17, 15) is 9.90 Å². The van der Waals surface area contributed by atoms with Crippen LogP contribution in [0.3, 0.4) is 0 Å². The van der Waals surface area contributed by atoms with Crippen molar-refractivity contribution >= 4 is 23.2 Å². The Balaban J connectivity index is 1.52. The molecular formula is C25H34ClN3O4. The summed E-state index contributed by atoms with van der Waals surface area (Å²) in [5.74, 6) is 1.46. The molecule has 0 spiro atoms. The van der Waals surface area contributed by atoms with Crippen molar-refractivity contribution in [1.82, 2.24) is 9.80 Å². The van der Waals surface area contributed by atoms with E-state index in [0.717, 1.165) is 41.6 Å². The van der Waals surface area contributed by atoms with E-state index in [0.29, 0.717) is 48.3 Å². The van der Waals surface area contributed by atoms with Gasteiger partial charge >= 0.3 is 0 Å². The highest BCUT2D eigenvalue weighted by atomic mass is 35.5. The fraction of sp³-hybridized carbons (Fsp3) is 0.480. The molecule has 1 atom stereocenters. The van der Waals surface area contributed by atoms with Crippen molar-refractivity contribution in [3.8, 4) is 11.5 Å². The molecule has 1 aliphatic rings. The first-order valence-electron chi connectivity index (χ1n) is 11.2. The summed E-state index contributed by atoms with van der Waals surface area (Å²) in [4.78, 5) is 16.8. The standard InChI is InChI=1S/C25H34ClN3O4/c1-16-10-19(11-20(26)25(16)27)21(30)15-28(2)7-5-8-29-9-6-17-12-22(32-3)23(33-4)13-18(17)14-24(29)31/h10-13,21,30H,5-9,14-15,27H2,1-4H3. The molecule has 2 aromatic carbocycles. The van der Waals surface area contributed by atoms with Gasteiger partial charge in [-0.2, -0.15) is 0 Å². The first-order chi connectivity index (χ1) is 15.7. The Morgan fingerprint density at radius 2 is 1.85 bits per heavy atom. The lowest BCUT2D eigenvalue weighted by Gasteiger charge is -2.24. The molecule has 0 aromatic heterocycles. The van der Waals surface area contributed by atoms with Gasteiger partial charge in [-0.25, -0.2) is 0 Å². The number of nitrogen functional groups attached to an aromatic ring is 1. The Morgan fingerprint density at radius 1 is 1.18 bits per heavy atom. The summed E-state index contributed by atoms with van der Waals surface area (Å²) in [6, 6.07) is 7.48. The molecule has 3 rings (SSSR count). The van der Waals surface area contributed by atoms with E-state index in [1.807, 2.05) is 37.1 Å². The summed E-state index contributed by atoms with van der Waals surface area (Å²) in [5, 5.41) is 11.1. The maximum atomic E-state index is 12.8. The van der Waals surface area contributed by atoms with Crippen molar-refractivity contribution in [3.05, 3.63) is 51.5 Å². The number of methoxy groups -OCH3 is 2. The lowest BCUT2D eigenvalue weighted by molar-refractivity contribution is -0.130. The summed E-state index contributed by atoms with van der Waals surface area (Å²) >= 11 is 6.16. The number of likely N-dealkylation sites (N-methyl/N-ethyl adjacent to an activating group) is 1. The number of aliphatic hydroxyl groups excluding tert-OH is 1. The highest BCUT2D eigenvalue weighted by Crippen LogP contribution is 2.32. The van der Waals surface area contributed by atoms with Crippen molar-refractivity contribution in [1.29, 1.82) is 0 Å². The zero-order chi connectivity index (χ0) is 24.1. The number of ether oxygens (including phenoxy) is 2. The first-order valence-corrected chi connectivity index (χ1v) is 11.5. The molecule has 0 radical (unpaired) electrons. The molecule has 33 heavy (non-hydrogen) atoms. The molecule has 0 saturated heterocycles. The topological polar surface area (TPSA) is 88.3 Å². The van der Waals surface area contributed by atoms with Crippen molar-refractivity contribution < 1.29 is 19.4 Å². The number of anilines is 1. The fourth-order valence-electron chi connectivity index (χ4n) is 4.25. The summed E-state index contributed by atoms with van der Waals surface area (Å²) in [6.07, 6.45) is 1.31. The first kappa shape index (κ1) is 25.1. The van der Waals surface area contributed by atoms with Gasteiger partial charge < -0.3 is 30.1 Å². The largest absolute Gasteiger partial charge is 0.493 e. The van der Waals surface area contributed by atoms with Crippen LogP contribution >= 0.6 is 11.6 Å². The number of nitrogens with two attached hydrogens (primary N) is 1. The predicted molar refractivity (Wildman–Crippen MR) is 131 cm³/mol. The minimum atomic E-state index is -0.661. The minimum absolute atomic E-state index is 0.121. The van der Waals surface area contributed by atoms with Crippen LogP contribution < -0.4 is 15.2 Å². The van der Waals surface area contributed by atoms with E-state index >= 15 is 0 Å². The average molecular weight is 476 g/mol. The Kier molecular flexibility index (Phi) is 8.46. The quantitative estimate of drug-likeness (QED) is 0.541. The number of hydrogen-bond acceptors (Lipinski definition) is 6. The van der Waals surface area contributed by atoms with Gasteiger partial charge in [-0.3, -0.25) is 4.79 Å². The predicted octanol–water partition coefficient (Wildman–Crippen LogP) is 3.23. The second-order valence-electron chi connectivity index (χ2n) is 8.65. The number of carbonyl (C=O) groups excluding carboxylic acids is 1. The van der Waals surface area contributed by atoms with Crippen molar-refractivity contribution in [2.24, 2.45) is 0 Å². The van der Waals surface area contributed by atoms with Crippen LogP contribution in [0.4, 0.5) is 5.69 Å². The average Bonchev–Trinajstić information content (AvgIpc) is 2.93. The molecule has 1 heterocycles. The molecule has 0 bridgehead atoms. The van der Waals surface area contributed by atoms with Gasteiger partial charge in [-0.05, 0) is 73.8 Å². The molecular weight excluding hydrogens is 442 g/mol. The highest BCUT2D eigenvalue weighted by molar-refractivity contribution is 6.33. The van der Waals surface area contributed by atoms with Crippen LogP contribution in [0.15, 0.2) is 24.3 Å². The second kappa shape index (κ2) is 11.1. The zero-order valence-electron chi connectivity index (χ0n) is 19.9. The van der Waals surface area contributed by atoms with Gasteiger partial charge in [0.05, 0.1) is 37.5 Å². The van der Waals surface area contributed by atoms with E-state index in [1.54, 1.807) is 20.3 Å². The van der Waals surface area contributed by atoms with Gasteiger partial charge in [0.1, 0.15) is 0 Å². The molecule has 0 aliphatic carbocycles. The number of nitrogens with zero attached hydrogens (tertiary/aromatic N) is 2. The second-order valence-corrected chi connectivity index (χ2v) is 9.06. The van der Waals surface area contributed by atoms with E-state index in [4.69, 9.17) is 26.8 Å². The molecule has 3 N–H and O–H groups in total. The van der Waals surface area contributed by atoms with Crippen LogP contribution in [-0.2, 0) is 17.6 Å². The Morgan fingerprint density at radius 3 is 2.48 bits per heavy atom. The van der Waals surface area contributed by atoms with E-state index < -0.39 is 6.10 Å². The lowest BCUT2D eigenvalue weighted by Crippen LogP contribution is -2.35. The van der Waals surface area contributed by atoms with Crippen LogP contribution in [0.25, 0.3) is 0 Å². The molecule has 2 aromatic rings. The maximum absolute atomic E-state index is 12.8. The third kappa shape index (κ3) is 6.10. The number of fused-ring (bicyclic) bond motifs is 1. The number of rotatable bonds is 9. The van der Waals surface area contributed by atoms with Gasteiger partial charge in [0.2, 0.25) is 5.91 Å². The Bertz CT molecular complexity index is 975. The number of amides is 1. The third-order valence-corrected chi connectivity index (χ3v) is 6.56. The van der Waals surface area contributed by atoms with Gasteiger partial charge in [0, 0.05) is 19.6 Å². The molecule has 8 heteroatoms. The Hall–Kier alpha value is -2.48. The number of halogens is 1. The SMILES string of the molecule is COc1cc2c(cc1OC)CC(=O)N(CCCN(C)CC(O)c1cc(C)c(N)c(Cl)c1)CC2. The van der Waals surface area contributed by atoms with Crippen molar-refractivity contribution in [2.75, 3.05) is 53.2 Å². The van der Waals surface area contributed by atoms with Gasteiger partial charge in [-0.15, -0.1) is 0 Å². The minimum Gasteiger partial charge on any atom is -0.493 e. The normalized spacial score (nSPS) is 14.8. The molecule has 1 aliphatic heterocycles. The van der Waals surface area contributed by atoms with Gasteiger partial charge in [-0.1, -0.05) is 17.7 Å². The summed E-state index contributed by atoms with van der Waals surface area (Å²) in [7, 11) is 5.19. The smallest absolute Gasteiger partial charge is 0.227 e. The van der Waals surface area contributed by atoms with Crippen LogP contribution in [0, 0.1) is 6.92 Å². The van der Waals surface area contributed by atoms with Crippen LogP contribution in [0.5, 0.6) is 11.5 Å². The maximum Gasteiger partial charge on any atom is 0.227 e. The highest BCUT2D eigenvalue weighted by Gasteiger charge is 2.22. The third-order valence-electron chi connectivity index (χ3n) is 6.25. The van der Waals surface area contributed by atoms with E-state index in [1.165, 1.54) is 0 Å². The summed E-state index contributed by atoms with van der Waals surface area (Å²) in [6.45, 7) is 4.46. The molecule has 1 unspecified atom stereocenters. The molecule has 180 valence electrons. The Labute approximate surface area is 201 Å². The number of aryl methyl sites for hydroxylation is 1. The number of hydrogen-bond donors (Lipinski definition) is 2.